The smallest absolute Gasteiger partial charge is 0.323 e. The molecule has 0 bridgehead atoms. The quantitative estimate of drug-likeness (QED) is 0.234. The summed E-state index contributed by atoms with van der Waals surface area (Å²) in [7, 11) is 0. The summed E-state index contributed by atoms with van der Waals surface area (Å²) in [6.45, 7) is 3.32. The summed E-state index contributed by atoms with van der Waals surface area (Å²) < 4.78 is 4.87. The Morgan fingerprint density at radius 3 is 2.50 bits per heavy atom. The largest absolute Gasteiger partial charge is 0.463 e. The third-order valence-corrected chi connectivity index (χ3v) is 4.93. The van der Waals surface area contributed by atoms with Gasteiger partial charge in [0, 0.05) is 18.7 Å². The highest BCUT2D eigenvalue weighted by Crippen LogP contribution is 2.26. The monoisotopic (exact) mass is 418 g/mol. The van der Waals surface area contributed by atoms with Crippen LogP contribution in [0.1, 0.15) is 28.8 Å². The van der Waals surface area contributed by atoms with Gasteiger partial charge in [0.1, 0.15) is 10.5 Å². The number of non-ortho nitro benzene ring substituents is 1. The van der Waals surface area contributed by atoms with Gasteiger partial charge < -0.3 is 4.74 Å². The van der Waals surface area contributed by atoms with Crippen molar-refractivity contribution < 1.29 is 14.5 Å². The van der Waals surface area contributed by atoms with Crippen LogP contribution in [0.3, 0.4) is 0 Å². The van der Waals surface area contributed by atoms with Gasteiger partial charge in [-0.25, -0.2) is 0 Å². The molecule has 1 saturated heterocycles. The first-order valence-corrected chi connectivity index (χ1v) is 8.60. The number of carbonyl (C=O) groups is 1. The number of nitro groups is 1. The zero-order valence-electron chi connectivity index (χ0n) is 12.2. The lowest BCUT2D eigenvalue weighted by Gasteiger charge is -2.26. The number of benzene rings is 1. The molecule has 1 unspecified atom stereocenters. The van der Waals surface area contributed by atoms with Crippen molar-refractivity contribution in [3.05, 3.63) is 39.9 Å². The summed E-state index contributed by atoms with van der Waals surface area (Å²) >= 11 is 2.00. The normalized spacial score (nSPS) is 17.0. The van der Waals surface area contributed by atoms with Crippen LogP contribution in [0.2, 0.25) is 0 Å². The summed E-state index contributed by atoms with van der Waals surface area (Å²) in [6, 6.07) is 6.01. The molecule has 1 aliphatic rings. The average molecular weight is 418 g/mol. The van der Waals surface area contributed by atoms with Crippen LogP contribution < -0.4 is 0 Å². The molecule has 0 aromatic heterocycles. The lowest BCUT2D eigenvalue weighted by molar-refractivity contribution is -0.384. The molecule has 2 rings (SSSR count). The fourth-order valence-electron chi connectivity index (χ4n) is 2.43. The maximum absolute atomic E-state index is 12.0. The number of carbonyl (C=O) groups excluding carboxylic acids is 1. The minimum absolute atomic E-state index is 0.0193. The zero-order valence-corrected chi connectivity index (χ0v) is 14.4. The van der Waals surface area contributed by atoms with Gasteiger partial charge in [-0.15, -0.1) is 0 Å². The van der Waals surface area contributed by atoms with Crippen LogP contribution in [0.15, 0.2) is 24.3 Å². The number of halogens is 1. The first-order valence-electron chi connectivity index (χ1n) is 7.35. The number of hydrogen-bond donors (Lipinski definition) is 0. The molecule has 1 aromatic rings. The summed E-state index contributed by atoms with van der Waals surface area (Å²) in [5.74, 6) is -0.300. The van der Waals surface area contributed by atoms with E-state index in [1.54, 1.807) is 12.1 Å². The molecule has 0 radical (unpaired) electrons. The Balaban J connectivity index is 1.79. The topological polar surface area (TPSA) is 72.7 Å². The molecule has 1 heterocycles. The molecule has 0 saturated carbocycles. The lowest BCUT2D eigenvalue weighted by atomic mass is 10.1. The van der Waals surface area contributed by atoms with Crippen molar-refractivity contribution in [3.8, 4) is 0 Å². The van der Waals surface area contributed by atoms with Crippen molar-refractivity contribution in [1.82, 2.24) is 4.90 Å². The Bertz CT molecular complexity index is 515. The molecule has 0 spiro atoms. The van der Waals surface area contributed by atoms with E-state index in [0.717, 1.165) is 19.6 Å². The molecule has 0 amide bonds. The van der Waals surface area contributed by atoms with E-state index in [-0.39, 0.29) is 11.7 Å². The second-order valence-electron chi connectivity index (χ2n) is 5.28. The Morgan fingerprint density at radius 1 is 1.27 bits per heavy atom. The van der Waals surface area contributed by atoms with Crippen molar-refractivity contribution in [2.75, 3.05) is 26.2 Å². The van der Waals surface area contributed by atoms with Crippen molar-refractivity contribution in [2.45, 2.75) is 23.2 Å². The third-order valence-electron chi connectivity index (χ3n) is 3.70. The second kappa shape index (κ2) is 8.42. The number of likely N-dealkylation sites (tertiary alicyclic amines) is 1. The number of piperidine rings is 1. The molecule has 0 N–H and O–H groups in total. The van der Waals surface area contributed by atoms with Gasteiger partial charge in [-0.1, -0.05) is 41.1 Å². The number of alkyl halides is 1. The minimum atomic E-state index is -0.455. The molecule has 1 aliphatic heterocycles. The van der Waals surface area contributed by atoms with Crippen molar-refractivity contribution in [2.24, 2.45) is 0 Å². The Hall–Kier alpha value is -1.22. The van der Waals surface area contributed by atoms with E-state index in [2.05, 4.69) is 4.90 Å². The highest BCUT2D eigenvalue weighted by molar-refractivity contribution is 14.1. The van der Waals surface area contributed by atoms with Gasteiger partial charge >= 0.3 is 5.97 Å². The molecular weight excluding hydrogens is 399 g/mol. The number of nitro benzene ring substituents is 1. The summed E-state index contributed by atoms with van der Waals surface area (Å²) in [5.41, 5.74) is 0.736. The maximum Gasteiger partial charge on any atom is 0.323 e. The van der Waals surface area contributed by atoms with Gasteiger partial charge in [0.15, 0.2) is 0 Å². The molecule has 22 heavy (non-hydrogen) atoms. The van der Waals surface area contributed by atoms with Gasteiger partial charge in [-0.2, -0.15) is 0 Å². The van der Waals surface area contributed by atoms with Crippen LogP contribution >= 0.6 is 22.6 Å². The lowest BCUT2D eigenvalue weighted by Crippen LogP contribution is -2.33. The van der Waals surface area contributed by atoms with Crippen LogP contribution in [-0.2, 0) is 9.53 Å². The highest BCUT2D eigenvalue weighted by Gasteiger charge is 2.20. The molecular formula is C15H19IN2O4. The first kappa shape index (κ1) is 17.1. The number of esters is 1. The minimum Gasteiger partial charge on any atom is -0.463 e. The highest BCUT2D eigenvalue weighted by atomic mass is 127. The SMILES string of the molecule is O=C(OCCN1CCCCC1)C(I)c1ccc([N+](=O)[O-])cc1. The van der Waals surface area contributed by atoms with E-state index in [4.69, 9.17) is 4.74 Å². The van der Waals surface area contributed by atoms with E-state index < -0.39 is 8.85 Å². The Kier molecular flexibility index (Phi) is 6.56. The molecule has 6 nitrogen and oxygen atoms in total. The number of rotatable bonds is 6. The van der Waals surface area contributed by atoms with Gasteiger partial charge in [0.2, 0.25) is 0 Å². The van der Waals surface area contributed by atoms with Gasteiger partial charge in [0.05, 0.1) is 4.92 Å². The molecule has 1 fully saturated rings. The predicted octanol–water partition coefficient (Wildman–Crippen LogP) is 3.10. The fourth-order valence-corrected chi connectivity index (χ4v) is 3.03. The molecule has 120 valence electrons. The van der Waals surface area contributed by atoms with Gasteiger partial charge in [0.25, 0.3) is 5.69 Å². The Labute approximate surface area is 143 Å². The number of ether oxygens (including phenoxy) is 1. The summed E-state index contributed by atoms with van der Waals surface area (Å²) in [6.07, 6.45) is 3.71. The third kappa shape index (κ3) is 4.91. The number of hydrogen-bond acceptors (Lipinski definition) is 5. The van der Waals surface area contributed by atoms with Crippen molar-refractivity contribution in [3.63, 3.8) is 0 Å². The molecule has 0 aliphatic carbocycles. The van der Waals surface area contributed by atoms with Crippen LogP contribution in [0.4, 0.5) is 5.69 Å². The van der Waals surface area contributed by atoms with Crippen LogP contribution in [0.5, 0.6) is 0 Å². The summed E-state index contributed by atoms with van der Waals surface area (Å²) in [4.78, 5) is 24.5. The van der Waals surface area contributed by atoms with E-state index in [1.807, 2.05) is 22.6 Å². The fraction of sp³-hybridized carbons (Fsp3) is 0.533. The van der Waals surface area contributed by atoms with Crippen molar-refractivity contribution >= 4 is 34.2 Å². The standard InChI is InChI=1S/C15H19IN2O4/c16-14(12-4-6-13(7-5-12)18(20)21)15(19)22-11-10-17-8-2-1-3-9-17/h4-7,14H,1-3,8-11H2. The molecule has 1 atom stereocenters. The van der Waals surface area contributed by atoms with E-state index in [1.165, 1.54) is 31.4 Å². The van der Waals surface area contributed by atoms with Crippen LogP contribution in [-0.4, -0.2) is 42.0 Å². The van der Waals surface area contributed by atoms with E-state index in [9.17, 15) is 14.9 Å². The maximum atomic E-state index is 12.0. The average Bonchev–Trinajstić information content (AvgIpc) is 2.55. The number of nitrogens with zero attached hydrogens (tertiary/aromatic N) is 2. The van der Waals surface area contributed by atoms with Crippen LogP contribution in [0, 0.1) is 10.1 Å². The van der Waals surface area contributed by atoms with Gasteiger partial charge in [-0.05, 0) is 31.5 Å². The molecule has 7 heteroatoms. The first-order chi connectivity index (χ1) is 10.6. The second-order valence-corrected chi connectivity index (χ2v) is 6.53. The Morgan fingerprint density at radius 2 is 1.91 bits per heavy atom. The molecule has 1 aromatic carbocycles. The van der Waals surface area contributed by atoms with E-state index in [0.29, 0.717) is 12.2 Å². The van der Waals surface area contributed by atoms with Crippen molar-refractivity contribution in [1.29, 1.82) is 0 Å². The van der Waals surface area contributed by atoms with E-state index >= 15 is 0 Å². The summed E-state index contributed by atoms with van der Waals surface area (Å²) in [5, 5.41) is 10.6. The van der Waals surface area contributed by atoms with Gasteiger partial charge in [-0.3, -0.25) is 19.8 Å². The predicted molar refractivity (Wildman–Crippen MR) is 91.1 cm³/mol. The van der Waals surface area contributed by atoms with Crippen LogP contribution in [0.25, 0.3) is 0 Å². The zero-order chi connectivity index (χ0) is 15.9.